The lowest BCUT2D eigenvalue weighted by molar-refractivity contribution is -0.153. The minimum atomic E-state index is -4.45. The van der Waals surface area contributed by atoms with Gasteiger partial charge in [0.1, 0.15) is 0 Å². The van der Waals surface area contributed by atoms with E-state index in [1.54, 1.807) is 13.1 Å². The average molecular weight is 385 g/mol. The molecule has 25 heavy (non-hydrogen) atoms. The van der Waals surface area contributed by atoms with Gasteiger partial charge in [0, 0.05) is 13.6 Å². The number of carbonyl (C=O) groups excluding carboxylic acids is 1. The van der Waals surface area contributed by atoms with E-state index in [2.05, 4.69) is 0 Å². The molecule has 0 aliphatic heterocycles. The number of ether oxygens (including phenoxy) is 2. The summed E-state index contributed by atoms with van der Waals surface area (Å²) in [5.74, 6) is -0.281. The first-order valence-corrected chi connectivity index (χ1v) is 7.39. The summed E-state index contributed by atoms with van der Waals surface area (Å²) in [4.78, 5) is 13.6. The Labute approximate surface area is 151 Å². The van der Waals surface area contributed by atoms with E-state index in [0.29, 0.717) is 13.1 Å². The fourth-order valence-corrected chi connectivity index (χ4v) is 1.89. The van der Waals surface area contributed by atoms with Crippen LogP contribution in [0.3, 0.4) is 0 Å². The predicted octanol–water partition coefficient (Wildman–Crippen LogP) is 2.87. The van der Waals surface area contributed by atoms with Gasteiger partial charge in [0.05, 0.1) is 0 Å². The summed E-state index contributed by atoms with van der Waals surface area (Å²) in [5.41, 5.74) is 5.39. The minimum Gasteiger partial charge on any atom is -0.480 e. The number of benzene rings is 1. The van der Waals surface area contributed by atoms with Gasteiger partial charge in [0.25, 0.3) is 5.91 Å². The van der Waals surface area contributed by atoms with Crippen molar-refractivity contribution in [2.24, 2.45) is 11.1 Å². The second-order valence-electron chi connectivity index (χ2n) is 6.26. The third-order valence-electron chi connectivity index (χ3n) is 3.24. The lowest BCUT2D eigenvalue weighted by Gasteiger charge is -2.29. The normalized spacial score (nSPS) is 11.5. The van der Waals surface area contributed by atoms with Crippen molar-refractivity contribution in [2.75, 3.05) is 33.4 Å². The van der Waals surface area contributed by atoms with E-state index in [0.717, 1.165) is 0 Å². The highest BCUT2D eigenvalue weighted by atomic mass is 35.5. The van der Waals surface area contributed by atoms with Gasteiger partial charge in [-0.15, -0.1) is 12.4 Å². The zero-order valence-electron chi connectivity index (χ0n) is 14.4. The number of rotatable bonds is 8. The summed E-state index contributed by atoms with van der Waals surface area (Å²) in [6, 6.07) is 5.91. The Morgan fingerprint density at radius 1 is 1.16 bits per heavy atom. The maximum atomic E-state index is 12.2. The predicted molar refractivity (Wildman–Crippen MR) is 91.2 cm³/mol. The van der Waals surface area contributed by atoms with Crippen LogP contribution in [0.25, 0.3) is 0 Å². The molecular weight excluding hydrogens is 361 g/mol. The Kier molecular flexibility index (Phi) is 9.07. The van der Waals surface area contributed by atoms with Gasteiger partial charge in [0.15, 0.2) is 24.7 Å². The maximum Gasteiger partial charge on any atom is 0.422 e. The van der Waals surface area contributed by atoms with Crippen molar-refractivity contribution in [3.63, 3.8) is 0 Å². The summed E-state index contributed by atoms with van der Waals surface area (Å²) in [7, 11) is 1.62. The largest absolute Gasteiger partial charge is 0.480 e. The molecule has 0 saturated heterocycles. The van der Waals surface area contributed by atoms with Gasteiger partial charge >= 0.3 is 6.18 Å². The molecule has 144 valence electrons. The molecule has 0 aromatic heterocycles. The van der Waals surface area contributed by atoms with E-state index < -0.39 is 12.8 Å². The molecule has 2 N–H and O–H groups in total. The quantitative estimate of drug-likeness (QED) is 0.748. The van der Waals surface area contributed by atoms with Gasteiger partial charge in [-0.3, -0.25) is 4.79 Å². The van der Waals surface area contributed by atoms with Gasteiger partial charge in [-0.05, 0) is 24.1 Å². The Morgan fingerprint density at radius 3 is 2.16 bits per heavy atom. The zero-order chi connectivity index (χ0) is 18.4. The Morgan fingerprint density at radius 2 is 1.68 bits per heavy atom. The highest BCUT2D eigenvalue weighted by molar-refractivity contribution is 5.85. The highest BCUT2D eigenvalue weighted by Gasteiger charge is 2.29. The first kappa shape index (κ1) is 23.3. The van der Waals surface area contributed by atoms with Crippen LogP contribution in [-0.4, -0.2) is 50.3 Å². The SMILES string of the molecule is CN(CC(C)(C)CN)C(=O)COc1ccccc1OCC(F)(F)F.Cl. The van der Waals surface area contributed by atoms with Gasteiger partial charge < -0.3 is 20.1 Å². The summed E-state index contributed by atoms with van der Waals surface area (Å²) in [6.45, 7) is 2.99. The van der Waals surface area contributed by atoms with E-state index in [1.165, 1.54) is 23.1 Å². The van der Waals surface area contributed by atoms with E-state index in [-0.39, 0.29) is 41.8 Å². The molecule has 0 unspecified atom stereocenters. The number of nitrogens with zero attached hydrogens (tertiary/aromatic N) is 1. The van der Waals surface area contributed by atoms with Crippen LogP contribution >= 0.6 is 12.4 Å². The van der Waals surface area contributed by atoms with Crippen molar-refractivity contribution in [3.05, 3.63) is 24.3 Å². The molecule has 1 aromatic rings. The average Bonchev–Trinajstić information content (AvgIpc) is 2.50. The fraction of sp³-hybridized carbons (Fsp3) is 0.562. The van der Waals surface area contributed by atoms with Crippen molar-refractivity contribution in [1.82, 2.24) is 4.90 Å². The molecule has 0 radical (unpaired) electrons. The number of carbonyl (C=O) groups is 1. The van der Waals surface area contributed by atoms with E-state index >= 15 is 0 Å². The van der Waals surface area contributed by atoms with Crippen molar-refractivity contribution < 1.29 is 27.4 Å². The first-order chi connectivity index (χ1) is 11.0. The molecule has 1 aromatic carbocycles. The van der Waals surface area contributed by atoms with Gasteiger partial charge in [-0.1, -0.05) is 26.0 Å². The summed E-state index contributed by atoms with van der Waals surface area (Å²) in [5, 5.41) is 0. The van der Waals surface area contributed by atoms with Gasteiger partial charge in [-0.25, -0.2) is 0 Å². The van der Waals surface area contributed by atoms with Crippen LogP contribution in [0.1, 0.15) is 13.8 Å². The van der Waals surface area contributed by atoms with Crippen LogP contribution in [0.15, 0.2) is 24.3 Å². The molecule has 0 aliphatic rings. The topological polar surface area (TPSA) is 64.8 Å². The summed E-state index contributed by atoms with van der Waals surface area (Å²) >= 11 is 0. The smallest absolute Gasteiger partial charge is 0.422 e. The second kappa shape index (κ2) is 9.72. The molecular formula is C16H24ClF3N2O3. The number of likely N-dealkylation sites (N-methyl/N-ethyl adjacent to an activating group) is 1. The van der Waals surface area contributed by atoms with Crippen molar-refractivity contribution in [2.45, 2.75) is 20.0 Å². The standard InChI is InChI=1S/C16H23F3N2O3.ClH/c1-15(2,9-20)10-21(3)14(22)8-23-12-6-4-5-7-13(12)24-11-16(17,18)19;/h4-7H,8-11,20H2,1-3H3;1H. The number of alkyl halides is 3. The second-order valence-corrected chi connectivity index (χ2v) is 6.26. The Balaban J connectivity index is 0.00000576. The molecule has 0 fully saturated rings. The number of amides is 1. The van der Waals surface area contributed by atoms with Crippen molar-refractivity contribution in [1.29, 1.82) is 0 Å². The van der Waals surface area contributed by atoms with Crippen LogP contribution < -0.4 is 15.2 Å². The summed E-state index contributed by atoms with van der Waals surface area (Å²) < 4.78 is 46.8. The van der Waals surface area contributed by atoms with Crippen LogP contribution in [0.5, 0.6) is 11.5 Å². The fourth-order valence-electron chi connectivity index (χ4n) is 1.89. The summed E-state index contributed by atoms with van der Waals surface area (Å²) in [6.07, 6.45) is -4.45. The van der Waals surface area contributed by atoms with Crippen LogP contribution in [0, 0.1) is 5.41 Å². The molecule has 0 saturated carbocycles. The number of hydrogen-bond acceptors (Lipinski definition) is 4. The van der Waals surface area contributed by atoms with Crippen LogP contribution in [0.4, 0.5) is 13.2 Å². The van der Waals surface area contributed by atoms with Crippen LogP contribution in [0.2, 0.25) is 0 Å². The molecule has 0 spiro atoms. The van der Waals surface area contributed by atoms with Crippen molar-refractivity contribution in [3.8, 4) is 11.5 Å². The van der Waals surface area contributed by atoms with E-state index in [4.69, 9.17) is 15.2 Å². The number of para-hydroxylation sites is 2. The zero-order valence-corrected chi connectivity index (χ0v) is 15.2. The number of nitrogens with two attached hydrogens (primary N) is 1. The third kappa shape index (κ3) is 8.83. The van der Waals surface area contributed by atoms with Gasteiger partial charge in [-0.2, -0.15) is 13.2 Å². The lowest BCUT2D eigenvalue weighted by Crippen LogP contribution is -2.41. The highest BCUT2D eigenvalue weighted by Crippen LogP contribution is 2.28. The van der Waals surface area contributed by atoms with Gasteiger partial charge in [0.2, 0.25) is 0 Å². The van der Waals surface area contributed by atoms with Crippen LogP contribution in [-0.2, 0) is 4.79 Å². The minimum absolute atomic E-state index is 0. The molecule has 0 aliphatic carbocycles. The first-order valence-electron chi connectivity index (χ1n) is 7.39. The molecule has 1 amide bonds. The lowest BCUT2D eigenvalue weighted by atomic mass is 9.93. The monoisotopic (exact) mass is 384 g/mol. The molecule has 5 nitrogen and oxygen atoms in total. The Hall–Kier alpha value is -1.67. The molecule has 0 heterocycles. The Bertz CT molecular complexity index is 554. The van der Waals surface area contributed by atoms with E-state index in [9.17, 15) is 18.0 Å². The third-order valence-corrected chi connectivity index (χ3v) is 3.24. The number of hydrogen-bond donors (Lipinski definition) is 1. The molecule has 9 heteroatoms. The van der Waals surface area contributed by atoms with Crippen molar-refractivity contribution >= 4 is 18.3 Å². The number of halogens is 4. The molecule has 0 atom stereocenters. The molecule has 0 bridgehead atoms. The molecule has 1 rings (SSSR count). The van der Waals surface area contributed by atoms with E-state index in [1.807, 2.05) is 13.8 Å². The maximum absolute atomic E-state index is 12.2.